The third-order valence-corrected chi connectivity index (χ3v) is 3.47. The summed E-state index contributed by atoms with van der Waals surface area (Å²) in [6, 6.07) is 3.86. The van der Waals surface area contributed by atoms with Crippen LogP contribution in [0.2, 0.25) is 0 Å². The van der Waals surface area contributed by atoms with E-state index in [0.29, 0.717) is 10.2 Å². The fourth-order valence-corrected chi connectivity index (χ4v) is 1.79. The Balaban J connectivity index is 2.61. The van der Waals surface area contributed by atoms with Crippen molar-refractivity contribution < 1.29 is 23.8 Å². The number of benzene rings is 1. The molecule has 2 N–H and O–H groups in total. The first-order chi connectivity index (χ1) is 9.63. The van der Waals surface area contributed by atoms with E-state index in [1.54, 1.807) is 0 Å². The maximum absolute atomic E-state index is 13.0. The van der Waals surface area contributed by atoms with E-state index in [1.165, 1.54) is 39.0 Å². The Morgan fingerprint density at radius 3 is 2.62 bits per heavy atom. The lowest BCUT2D eigenvalue weighted by molar-refractivity contribution is -0.147. The molecule has 1 atom stereocenters. The van der Waals surface area contributed by atoms with Crippen LogP contribution in [0, 0.1) is 11.2 Å². The summed E-state index contributed by atoms with van der Waals surface area (Å²) >= 11 is 3.14. The van der Waals surface area contributed by atoms with Crippen LogP contribution < -0.4 is 10.1 Å². The molecule has 1 aromatic rings. The Morgan fingerprint density at radius 1 is 1.48 bits per heavy atom. The number of amides is 1. The second-order valence-electron chi connectivity index (χ2n) is 5.24. The molecule has 1 unspecified atom stereocenters. The van der Waals surface area contributed by atoms with Crippen molar-refractivity contribution in [2.45, 2.75) is 26.9 Å². The number of carbonyl (C=O) groups excluding carboxylic acids is 1. The van der Waals surface area contributed by atoms with Crippen molar-refractivity contribution in [3.63, 3.8) is 0 Å². The molecule has 1 aromatic carbocycles. The molecule has 0 saturated heterocycles. The number of halogens is 2. The summed E-state index contributed by atoms with van der Waals surface area (Å²) in [5.74, 6) is -1.54. The quantitative estimate of drug-likeness (QED) is 0.816. The number of rotatable bonds is 6. The molecule has 0 aliphatic carbocycles. The Hall–Kier alpha value is -1.63. The summed E-state index contributed by atoms with van der Waals surface area (Å²) in [6.07, 6.45) is -0.837. The number of aliphatic carboxylic acids is 1. The fourth-order valence-electron chi connectivity index (χ4n) is 1.34. The lowest BCUT2D eigenvalue weighted by atomic mass is 9.94. The molecule has 1 amide bonds. The molecule has 5 nitrogen and oxygen atoms in total. The molecule has 1 rings (SSSR count). The van der Waals surface area contributed by atoms with Gasteiger partial charge in [-0.3, -0.25) is 9.59 Å². The van der Waals surface area contributed by atoms with E-state index in [4.69, 9.17) is 9.84 Å². The van der Waals surface area contributed by atoms with E-state index in [2.05, 4.69) is 21.2 Å². The zero-order chi connectivity index (χ0) is 16.2. The first kappa shape index (κ1) is 17.4. The lowest BCUT2D eigenvalue weighted by Gasteiger charge is -2.21. The Labute approximate surface area is 130 Å². The van der Waals surface area contributed by atoms with Crippen LogP contribution in [0.4, 0.5) is 4.39 Å². The van der Waals surface area contributed by atoms with Gasteiger partial charge in [0.25, 0.3) is 5.91 Å². The molecular formula is C14H17BrFNO4. The zero-order valence-corrected chi connectivity index (χ0v) is 13.5. The monoisotopic (exact) mass is 361 g/mol. The topological polar surface area (TPSA) is 75.6 Å². The predicted molar refractivity (Wildman–Crippen MR) is 78.6 cm³/mol. The molecular weight excluding hydrogens is 345 g/mol. The van der Waals surface area contributed by atoms with E-state index in [-0.39, 0.29) is 6.54 Å². The van der Waals surface area contributed by atoms with E-state index in [1.807, 2.05) is 0 Å². The van der Waals surface area contributed by atoms with E-state index in [9.17, 15) is 14.0 Å². The summed E-state index contributed by atoms with van der Waals surface area (Å²) in [6.45, 7) is 4.54. The second kappa shape index (κ2) is 6.89. The first-order valence-electron chi connectivity index (χ1n) is 6.26. The molecule has 0 saturated carbocycles. The van der Waals surface area contributed by atoms with Gasteiger partial charge in [0.2, 0.25) is 0 Å². The van der Waals surface area contributed by atoms with E-state index >= 15 is 0 Å². The first-order valence-corrected chi connectivity index (χ1v) is 7.05. The molecule has 0 radical (unpaired) electrons. The molecule has 116 valence electrons. The fraction of sp³-hybridized carbons (Fsp3) is 0.429. The van der Waals surface area contributed by atoms with Gasteiger partial charge in [0.05, 0.1) is 9.89 Å². The number of carboxylic acids is 1. The van der Waals surface area contributed by atoms with Gasteiger partial charge < -0.3 is 15.2 Å². The van der Waals surface area contributed by atoms with Crippen LogP contribution in [-0.2, 0) is 9.59 Å². The summed E-state index contributed by atoms with van der Waals surface area (Å²) < 4.78 is 18.8. The van der Waals surface area contributed by atoms with Gasteiger partial charge in [-0.05, 0) is 54.9 Å². The van der Waals surface area contributed by atoms with Gasteiger partial charge in [-0.2, -0.15) is 0 Å². The van der Waals surface area contributed by atoms with Gasteiger partial charge in [-0.15, -0.1) is 0 Å². The average Bonchev–Trinajstić information content (AvgIpc) is 2.39. The highest BCUT2D eigenvalue weighted by atomic mass is 79.9. The lowest BCUT2D eigenvalue weighted by Crippen LogP contribution is -2.43. The average molecular weight is 362 g/mol. The number of carbonyl (C=O) groups is 2. The SMILES string of the molecule is CC(Oc1ccc(F)cc1Br)C(=O)NCC(C)(C)C(=O)O. The van der Waals surface area contributed by atoms with Crippen molar-refractivity contribution in [3.8, 4) is 5.75 Å². The Kier molecular flexibility index (Phi) is 5.71. The van der Waals surface area contributed by atoms with Crippen LogP contribution in [0.15, 0.2) is 22.7 Å². The minimum absolute atomic E-state index is 0.0144. The summed E-state index contributed by atoms with van der Waals surface area (Å²) in [7, 11) is 0. The summed E-state index contributed by atoms with van der Waals surface area (Å²) in [4.78, 5) is 22.8. The third kappa shape index (κ3) is 5.00. The van der Waals surface area contributed by atoms with Gasteiger partial charge in [-0.25, -0.2) is 4.39 Å². The van der Waals surface area contributed by atoms with Gasteiger partial charge in [-0.1, -0.05) is 0 Å². The Bertz CT molecular complexity index is 548. The van der Waals surface area contributed by atoms with Crippen molar-refractivity contribution in [3.05, 3.63) is 28.5 Å². The largest absolute Gasteiger partial charge is 0.481 e. The molecule has 0 aliphatic heterocycles. The van der Waals surface area contributed by atoms with Gasteiger partial charge in [0.1, 0.15) is 11.6 Å². The summed E-state index contributed by atoms with van der Waals surface area (Å²) in [5.41, 5.74) is -1.06. The minimum atomic E-state index is -1.06. The molecule has 0 heterocycles. The predicted octanol–water partition coefficient (Wildman–Crippen LogP) is 2.58. The smallest absolute Gasteiger partial charge is 0.310 e. The number of nitrogens with one attached hydrogen (secondary N) is 1. The maximum atomic E-state index is 13.0. The van der Waals surface area contributed by atoms with Crippen molar-refractivity contribution in [2.24, 2.45) is 5.41 Å². The maximum Gasteiger partial charge on any atom is 0.310 e. The summed E-state index contributed by atoms with van der Waals surface area (Å²) in [5, 5.41) is 11.5. The molecule has 21 heavy (non-hydrogen) atoms. The van der Waals surface area contributed by atoms with E-state index < -0.39 is 29.2 Å². The third-order valence-electron chi connectivity index (χ3n) is 2.85. The van der Waals surface area contributed by atoms with Crippen LogP contribution in [-0.4, -0.2) is 29.6 Å². The molecule has 0 aliphatic rings. The standard InChI is InChI=1S/C14H17BrFNO4/c1-8(12(18)17-7-14(2,3)13(19)20)21-11-5-4-9(16)6-10(11)15/h4-6,8H,7H2,1-3H3,(H,17,18)(H,19,20). The number of hydrogen-bond donors (Lipinski definition) is 2. The number of ether oxygens (including phenoxy) is 1. The van der Waals surface area contributed by atoms with Crippen molar-refractivity contribution >= 4 is 27.8 Å². The highest BCUT2D eigenvalue weighted by molar-refractivity contribution is 9.10. The number of carboxylic acid groups (broad SMARTS) is 1. The second-order valence-corrected chi connectivity index (χ2v) is 6.10. The molecule has 0 bridgehead atoms. The van der Waals surface area contributed by atoms with Crippen LogP contribution in [0.3, 0.4) is 0 Å². The highest BCUT2D eigenvalue weighted by Crippen LogP contribution is 2.26. The molecule has 0 fully saturated rings. The van der Waals surface area contributed by atoms with Crippen LogP contribution >= 0.6 is 15.9 Å². The normalized spacial score (nSPS) is 12.6. The number of hydrogen-bond acceptors (Lipinski definition) is 3. The molecule has 0 aromatic heterocycles. The molecule has 0 spiro atoms. The van der Waals surface area contributed by atoms with Crippen LogP contribution in [0.1, 0.15) is 20.8 Å². The van der Waals surface area contributed by atoms with Crippen molar-refractivity contribution in [2.75, 3.05) is 6.54 Å². The van der Waals surface area contributed by atoms with Gasteiger partial charge in [0.15, 0.2) is 6.10 Å². The van der Waals surface area contributed by atoms with Gasteiger partial charge in [0, 0.05) is 6.54 Å². The minimum Gasteiger partial charge on any atom is -0.481 e. The molecule has 7 heteroatoms. The van der Waals surface area contributed by atoms with E-state index in [0.717, 1.165) is 0 Å². The van der Waals surface area contributed by atoms with Crippen LogP contribution in [0.5, 0.6) is 5.75 Å². The zero-order valence-electron chi connectivity index (χ0n) is 11.9. The van der Waals surface area contributed by atoms with Gasteiger partial charge >= 0.3 is 5.97 Å². The van der Waals surface area contributed by atoms with Crippen LogP contribution in [0.25, 0.3) is 0 Å². The van der Waals surface area contributed by atoms with Crippen molar-refractivity contribution in [1.29, 1.82) is 0 Å². The van der Waals surface area contributed by atoms with Crippen molar-refractivity contribution in [1.82, 2.24) is 5.32 Å². The highest BCUT2D eigenvalue weighted by Gasteiger charge is 2.28. The Morgan fingerprint density at radius 2 is 2.10 bits per heavy atom.